The maximum absolute atomic E-state index is 12.1. The Morgan fingerprint density at radius 3 is 2.56 bits per heavy atom. The van der Waals surface area contributed by atoms with Crippen molar-refractivity contribution >= 4 is 21.6 Å². The van der Waals surface area contributed by atoms with Crippen molar-refractivity contribution in [3.8, 4) is 11.5 Å². The highest BCUT2D eigenvalue weighted by atomic mass is 32.2. The predicted molar refractivity (Wildman–Crippen MR) is 93.5 cm³/mol. The molecule has 0 spiro atoms. The highest BCUT2D eigenvalue weighted by molar-refractivity contribution is 7.92. The average Bonchev–Trinajstić information content (AvgIpc) is 3.05. The van der Waals surface area contributed by atoms with Crippen LogP contribution in [0, 0.1) is 0 Å². The minimum Gasteiger partial charge on any atom is -0.454 e. The van der Waals surface area contributed by atoms with E-state index < -0.39 is 10.0 Å². The van der Waals surface area contributed by atoms with Gasteiger partial charge in [0, 0.05) is 18.2 Å². The number of fused-ring (bicyclic) bond motifs is 1. The zero-order valence-corrected chi connectivity index (χ0v) is 14.5. The van der Waals surface area contributed by atoms with Crippen molar-refractivity contribution in [2.75, 3.05) is 30.4 Å². The zero-order chi connectivity index (χ0) is 17.9. The molecule has 1 aliphatic heterocycles. The van der Waals surface area contributed by atoms with Crippen LogP contribution in [0.1, 0.15) is 10.4 Å². The lowest BCUT2D eigenvalue weighted by Crippen LogP contribution is -2.38. The molecule has 8 heteroatoms. The van der Waals surface area contributed by atoms with Crippen molar-refractivity contribution in [1.82, 2.24) is 5.32 Å². The fourth-order valence-corrected chi connectivity index (χ4v) is 3.41. The van der Waals surface area contributed by atoms with Gasteiger partial charge in [-0.1, -0.05) is 18.2 Å². The maximum Gasteiger partial charge on any atom is 0.251 e. The Hall–Kier alpha value is -2.74. The van der Waals surface area contributed by atoms with Gasteiger partial charge >= 0.3 is 0 Å². The third kappa shape index (κ3) is 4.03. The first-order valence-electron chi connectivity index (χ1n) is 7.66. The number of carbonyl (C=O) groups excluding carboxylic acids is 1. The predicted octanol–water partition coefficient (Wildman–Crippen LogP) is 1.61. The quantitative estimate of drug-likeness (QED) is 0.844. The Kier molecular flexibility index (Phi) is 4.80. The van der Waals surface area contributed by atoms with Crippen molar-refractivity contribution in [2.24, 2.45) is 0 Å². The van der Waals surface area contributed by atoms with Gasteiger partial charge < -0.3 is 14.8 Å². The van der Waals surface area contributed by atoms with E-state index in [4.69, 9.17) is 9.47 Å². The fraction of sp³-hybridized carbons (Fsp3) is 0.235. The number of anilines is 1. The van der Waals surface area contributed by atoms with Crippen LogP contribution >= 0.6 is 0 Å². The minimum atomic E-state index is -3.51. The summed E-state index contributed by atoms with van der Waals surface area (Å²) in [6, 6.07) is 13.7. The van der Waals surface area contributed by atoms with E-state index in [1.165, 1.54) is 4.31 Å². The summed E-state index contributed by atoms with van der Waals surface area (Å²) in [7, 11) is -3.51. The molecule has 1 heterocycles. The topological polar surface area (TPSA) is 84.9 Å². The molecule has 25 heavy (non-hydrogen) atoms. The summed E-state index contributed by atoms with van der Waals surface area (Å²) in [5, 5.41) is 2.72. The van der Waals surface area contributed by atoms with Crippen LogP contribution in [0.25, 0.3) is 0 Å². The molecule has 3 rings (SSSR count). The average molecular weight is 362 g/mol. The molecule has 2 aromatic carbocycles. The number of sulfonamides is 1. The van der Waals surface area contributed by atoms with E-state index in [0.717, 1.165) is 6.26 Å². The van der Waals surface area contributed by atoms with E-state index in [2.05, 4.69) is 5.32 Å². The highest BCUT2D eigenvalue weighted by Gasteiger charge is 2.21. The van der Waals surface area contributed by atoms with Gasteiger partial charge in [-0.2, -0.15) is 0 Å². The highest BCUT2D eigenvalue weighted by Crippen LogP contribution is 2.35. The molecule has 1 aliphatic rings. The number of carbonyl (C=O) groups is 1. The van der Waals surface area contributed by atoms with Crippen LogP contribution in [0.2, 0.25) is 0 Å². The molecule has 0 aliphatic carbocycles. The maximum atomic E-state index is 12.1. The van der Waals surface area contributed by atoms with E-state index in [-0.39, 0.29) is 25.8 Å². The summed E-state index contributed by atoms with van der Waals surface area (Å²) < 4.78 is 36.0. The van der Waals surface area contributed by atoms with Crippen LogP contribution in [-0.4, -0.2) is 40.5 Å². The lowest BCUT2D eigenvalue weighted by molar-refractivity contribution is 0.0955. The molecule has 1 amide bonds. The summed E-state index contributed by atoms with van der Waals surface area (Å²) in [4.78, 5) is 12.1. The first-order valence-corrected chi connectivity index (χ1v) is 9.50. The summed E-state index contributed by atoms with van der Waals surface area (Å²) >= 11 is 0. The standard InChI is InChI=1S/C17H18N2O5S/c1-25(21,22)19(14-7-8-15-16(11-14)24-12-23-15)10-9-18-17(20)13-5-3-2-4-6-13/h2-8,11H,9-10,12H2,1H3,(H,18,20). The van der Waals surface area contributed by atoms with Gasteiger partial charge in [-0.3, -0.25) is 9.10 Å². The Bertz CT molecular complexity index is 868. The summed E-state index contributed by atoms with van der Waals surface area (Å²) in [6.07, 6.45) is 1.12. The lowest BCUT2D eigenvalue weighted by Gasteiger charge is -2.22. The molecule has 0 radical (unpaired) electrons. The van der Waals surface area contributed by atoms with Crippen molar-refractivity contribution < 1.29 is 22.7 Å². The van der Waals surface area contributed by atoms with E-state index in [1.807, 2.05) is 6.07 Å². The smallest absolute Gasteiger partial charge is 0.251 e. The number of amides is 1. The van der Waals surface area contributed by atoms with Gasteiger partial charge in [0.2, 0.25) is 16.8 Å². The molecule has 7 nitrogen and oxygen atoms in total. The molecule has 0 aromatic heterocycles. The molecule has 0 saturated heterocycles. The second-order valence-electron chi connectivity index (χ2n) is 5.49. The number of hydrogen-bond donors (Lipinski definition) is 1. The number of rotatable bonds is 6. The second-order valence-corrected chi connectivity index (χ2v) is 7.40. The molecule has 0 saturated carbocycles. The zero-order valence-electron chi connectivity index (χ0n) is 13.6. The number of nitrogens with zero attached hydrogens (tertiary/aromatic N) is 1. The third-order valence-electron chi connectivity index (χ3n) is 3.68. The molecular weight excluding hydrogens is 344 g/mol. The molecule has 0 bridgehead atoms. The Balaban J connectivity index is 1.69. The van der Waals surface area contributed by atoms with Crippen molar-refractivity contribution in [1.29, 1.82) is 0 Å². The van der Waals surface area contributed by atoms with Crippen LogP contribution in [-0.2, 0) is 10.0 Å². The summed E-state index contributed by atoms with van der Waals surface area (Å²) in [5.41, 5.74) is 0.984. The van der Waals surface area contributed by atoms with Crippen LogP contribution < -0.4 is 19.1 Å². The molecule has 0 atom stereocenters. The Morgan fingerprint density at radius 2 is 1.84 bits per heavy atom. The number of benzene rings is 2. The van der Waals surface area contributed by atoms with Gasteiger partial charge in [0.05, 0.1) is 18.5 Å². The van der Waals surface area contributed by atoms with Crippen molar-refractivity contribution in [3.63, 3.8) is 0 Å². The van der Waals surface area contributed by atoms with Crippen LogP contribution in [0.15, 0.2) is 48.5 Å². The van der Waals surface area contributed by atoms with E-state index in [9.17, 15) is 13.2 Å². The largest absolute Gasteiger partial charge is 0.454 e. The number of nitrogens with one attached hydrogen (secondary N) is 1. The minimum absolute atomic E-state index is 0.108. The molecule has 0 unspecified atom stereocenters. The van der Waals surface area contributed by atoms with Crippen LogP contribution in [0.3, 0.4) is 0 Å². The first-order chi connectivity index (χ1) is 11.9. The number of ether oxygens (including phenoxy) is 2. The van der Waals surface area contributed by atoms with E-state index >= 15 is 0 Å². The van der Waals surface area contributed by atoms with Gasteiger partial charge in [0.15, 0.2) is 11.5 Å². The molecule has 2 aromatic rings. The van der Waals surface area contributed by atoms with Gasteiger partial charge in [0.1, 0.15) is 0 Å². The Morgan fingerprint density at radius 1 is 1.12 bits per heavy atom. The lowest BCUT2D eigenvalue weighted by atomic mass is 10.2. The third-order valence-corrected chi connectivity index (χ3v) is 4.87. The van der Waals surface area contributed by atoms with Gasteiger partial charge in [-0.25, -0.2) is 8.42 Å². The Labute approximate surface area is 146 Å². The van der Waals surface area contributed by atoms with E-state index in [0.29, 0.717) is 22.7 Å². The summed E-state index contributed by atoms with van der Waals surface area (Å²) in [6.45, 7) is 0.400. The molecule has 132 valence electrons. The monoisotopic (exact) mass is 362 g/mol. The second kappa shape index (κ2) is 7.02. The van der Waals surface area contributed by atoms with E-state index in [1.54, 1.807) is 42.5 Å². The van der Waals surface area contributed by atoms with Gasteiger partial charge in [0.25, 0.3) is 5.91 Å². The molecular formula is C17H18N2O5S. The van der Waals surface area contributed by atoms with Crippen LogP contribution in [0.5, 0.6) is 11.5 Å². The number of hydrogen-bond acceptors (Lipinski definition) is 5. The van der Waals surface area contributed by atoms with Crippen molar-refractivity contribution in [3.05, 3.63) is 54.1 Å². The van der Waals surface area contributed by atoms with Crippen LogP contribution in [0.4, 0.5) is 5.69 Å². The first kappa shape index (κ1) is 17.1. The molecule has 0 fully saturated rings. The fourth-order valence-electron chi connectivity index (χ4n) is 2.49. The van der Waals surface area contributed by atoms with Gasteiger partial charge in [-0.15, -0.1) is 0 Å². The van der Waals surface area contributed by atoms with Crippen molar-refractivity contribution in [2.45, 2.75) is 0 Å². The SMILES string of the molecule is CS(=O)(=O)N(CCNC(=O)c1ccccc1)c1ccc2c(c1)OCO2. The van der Waals surface area contributed by atoms with Gasteiger partial charge in [-0.05, 0) is 24.3 Å². The summed E-state index contributed by atoms with van der Waals surface area (Å²) in [5.74, 6) is 0.828. The normalized spacial score (nSPS) is 12.7. The molecule has 1 N–H and O–H groups in total.